The lowest BCUT2D eigenvalue weighted by molar-refractivity contribution is -0.127. The minimum atomic E-state index is 0.242. The van der Waals surface area contributed by atoms with E-state index < -0.39 is 0 Å². The minimum absolute atomic E-state index is 0.242. The molecule has 25 heavy (non-hydrogen) atoms. The van der Waals surface area contributed by atoms with Crippen LogP contribution in [0.2, 0.25) is 0 Å². The topological polar surface area (TPSA) is 84.2 Å². The van der Waals surface area contributed by atoms with Gasteiger partial charge in [-0.1, -0.05) is 19.0 Å². The maximum Gasteiger partial charge on any atom is 0.259 e. The van der Waals surface area contributed by atoms with Gasteiger partial charge in [-0.25, -0.2) is 4.98 Å². The molecule has 2 aromatic heterocycles. The van der Waals surface area contributed by atoms with Gasteiger partial charge in [0.25, 0.3) is 5.89 Å². The fourth-order valence-electron chi connectivity index (χ4n) is 2.99. The largest absolute Gasteiger partial charge is 0.370 e. The summed E-state index contributed by atoms with van der Waals surface area (Å²) >= 11 is 0. The van der Waals surface area contributed by atoms with E-state index in [9.17, 15) is 4.79 Å². The van der Waals surface area contributed by atoms with Crippen molar-refractivity contribution in [3.8, 4) is 11.5 Å². The maximum absolute atomic E-state index is 11.8. The second-order valence-corrected chi connectivity index (χ2v) is 6.93. The van der Waals surface area contributed by atoms with Gasteiger partial charge in [0.05, 0.1) is 5.56 Å². The van der Waals surface area contributed by atoms with Crippen molar-refractivity contribution in [1.29, 1.82) is 0 Å². The average molecular weight is 343 g/mol. The van der Waals surface area contributed by atoms with E-state index in [1.807, 2.05) is 24.0 Å². The zero-order valence-electron chi connectivity index (χ0n) is 15.0. The van der Waals surface area contributed by atoms with Crippen LogP contribution in [0.25, 0.3) is 11.5 Å². The molecule has 2 aromatic rings. The van der Waals surface area contributed by atoms with Gasteiger partial charge in [-0.3, -0.25) is 4.79 Å². The molecule has 3 rings (SSSR count). The highest BCUT2D eigenvalue weighted by molar-refractivity contribution is 5.78. The SMILES string of the molecule is CCN1C[C@H](CNc2ccc(-c3nc(CC(C)C)no3)cn2)CC1=O. The number of aromatic nitrogens is 3. The number of carbonyl (C=O) groups excluding carboxylic acids is 1. The zero-order chi connectivity index (χ0) is 17.8. The van der Waals surface area contributed by atoms with Crippen molar-refractivity contribution >= 4 is 11.7 Å². The van der Waals surface area contributed by atoms with E-state index in [0.717, 1.165) is 43.3 Å². The van der Waals surface area contributed by atoms with Gasteiger partial charge in [0.2, 0.25) is 5.91 Å². The second kappa shape index (κ2) is 7.63. The summed E-state index contributed by atoms with van der Waals surface area (Å²) in [5.74, 6) is 3.07. The number of likely N-dealkylation sites (tertiary alicyclic amines) is 1. The Morgan fingerprint density at radius 3 is 2.88 bits per heavy atom. The Balaban J connectivity index is 1.55. The summed E-state index contributed by atoms with van der Waals surface area (Å²) in [5, 5.41) is 7.31. The summed E-state index contributed by atoms with van der Waals surface area (Å²) in [5.41, 5.74) is 0.807. The molecule has 3 heterocycles. The molecule has 7 heteroatoms. The van der Waals surface area contributed by atoms with Gasteiger partial charge in [0.15, 0.2) is 5.82 Å². The molecule has 0 spiro atoms. The normalized spacial score (nSPS) is 17.5. The number of anilines is 1. The molecule has 1 amide bonds. The van der Waals surface area contributed by atoms with Gasteiger partial charge < -0.3 is 14.7 Å². The molecule has 0 bridgehead atoms. The van der Waals surface area contributed by atoms with Gasteiger partial charge in [-0.05, 0) is 25.0 Å². The first kappa shape index (κ1) is 17.4. The standard InChI is InChI=1S/C18H25N5O2/c1-4-23-11-13(8-17(23)24)9-19-15-6-5-14(10-20-15)18-21-16(22-25-18)7-12(2)3/h5-6,10,12-13H,4,7-9,11H2,1-3H3,(H,19,20)/t13-/m0/s1. The molecule has 0 radical (unpaired) electrons. The third-order valence-corrected chi connectivity index (χ3v) is 4.32. The lowest BCUT2D eigenvalue weighted by atomic mass is 10.1. The smallest absolute Gasteiger partial charge is 0.259 e. The molecule has 0 unspecified atom stereocenters. The number of carbonyl (C=O) groups is 1. The van der Waals surface area contributed by atoms with E-state index in [4.69, 9.17) is 4.52 Å². The first-order valence-electron chi connectivity index (χ1n) is 8.85. The molecule has 0 aliphatic carbocycles. The molecular weight excluding hydrogens is 318 g/mol. The van der Waals surface area contributed by atoms with Gasteiger partial charge in [-0.2, -0.15) is 4.98 Å². The third kappa shape index (κ3) is 4.35. The Hall–Kier alpha value is -2.44. The van der Waals surface area contributed by atoms with E-state index in [2.05, 4.69) is 34.3 Å². The van der Waals surface area contributed by atoms with Crippen LogP contribution in [0, 0.1) is 11.8 Å². The fourth-order valence-corrected chi connectivity index (χ4v) is 2.99. The van der Waals surface area contributed by atoms with Crippen LogP contribution in [-0.4, -0.2) is 45.6 Å². The number of amides is 1. The van der Waals surface area contributed by atoms with Crippen molar-refractivity contribution in [3.63, 3.8) is 0 Å². The Morgan fingerprint density at radius 2 is 2.24 bits per heavy atom. The van der Waals surface area contributed by atoms with Crippen molar-refractivity contribution in [2.75, 3.05) is 25.0 Å². The lowest BCUT2D eigenvalue weighted by Crippen LogP contribution is -2.25. The maximum atomic E-state index is 11.8. The molecule has 1 N–H and O–H groups in total. The molecule has 1 saturated heterocycles. The van der Waals surface area contributed by atoms with Crippen LogP contribution in [-0.2, 0) is 11.2 Å². The molecule has 7 nitrogen and oxygen atoms in total. The first-order valence-corrected chi connectivity index (χ1v) is 8.85. The second-order valence-electron chi connectivity index (χ2n) is 6.93. The van der Waals surface area contributed by atoms with E-state index in [1.165, 1.54) is 0 Å². The molecule has 1 aliphatic rings. The molecule has 0 aromatic carbocycles. The molecule has 1 aliphatic heterocycles. The Kier molecular flexibility index (Phi) is 5.31. The monoisotopic (exact) mass is 343 g/mol. The predicted molar refractivity (Wildman–Crippen MR) is 94.9 cm³/mol. The average Bonchev–Trinajstić information content (AvgIpc) is 3.19. The summed E-state index contributed by atoms with van der Waals surface area (Å²) in [6.07, 6.45) is 3.14. The summed E-state index contributed by atoms with van der Waals surface area (Å²) in [6.45, 7) is 8.60. The van der Waals surface area contributed by atoms with Gasteiger partial charge in [0.1, 0.15) is 5.82 Å². The van der Waals surface area contributed by atoms with Crippen molar-refractivity contribution in [2.24, 2.45) is 11.8 Å². The summed E-state index contributed by atoms with van der Waals surface area (Å²) in [4.78, 5) is 22.5. The molecule has 1 atom stereocenters. The van der Waals surface area contributed by atoms with E-state index in [0.29, 0.717) is 24.1 Å². The fraction of sp³-hybridized carbons (Fsp3) is 0.556. The number of hydrogen-bond acceptors (Lipinski definition) is 6. The van der Waals surface area contributed by atoms with E-state index in [-0.39, 0.29) is 5.91 Å². The van der Waals surface area contributed by atoms with Crippen LogP contribution in [0.15, 0.2) is 22.9 Å². The Morgan fingerprint density at radius 1 is 1.40 bits per heavy atom. The van der Waals surface area contributed by atoms with E-state index >= 15 is 0 Å². The highest BCUT2D eigenvalue weighted by atomic mass is 16.5. The number of nitrogens with one attached hydrogen (secondary N) is 1. The number of nitrogens with zero attached hydrogens (tertiary/aromatic N) is 4. The Bertz CT molecular complexity index is 711. The molecular formula is C18H25N5O2. The summed E-state index contributed by atoms with van der Waals surface area (Å²) in [7, 11) is 0. The number of hydrogen-bond donors (Lipinski definition) is 1. The van der Waals surface area contributed by atoms with Crippen LogP contribution in [0.3, 0.4) is 0 Å². The molecule has 134 valence electrons. The van der Waals surface area contributed by atoms with Crippen molar-refractivity contribution in [3.05, 3.63) is 24.2 Å². The van der Waals surface area contributed by atoms with Crippen LogP contribution in [0.4, 0.5) is 5.82 Å². The van der Waals surface area contributed by atoms with E-state index in [1.54, 1.807) is 6.20 Å². The van der Waals surface area contributed by atoms with Gasteiger partial charge >= 0.3 is 0 Å². The van der Waals surface area contributed by atoms with Gasteiger partial charge in [-0.15, -0.1) is 0 Å². The molecule has 0 saturated carbocycles. The van der Waals surface area contributed by atoms with Crippen LogP contribution >= 0.6 is 0 Å². The van der Waals surface area contributed by atoms with Crippen LogP contribution in [0.5, 0.6) is 0 Å². The number of pyridine rings is 1. The van der Waals surface area contributed by atoms with Gasteiger partial charge in [0, 0.05) is 44.6 Å². The quantitative estimate of drug-likeness (QED) is 0.832. The zero-order valence-corrected chi connectivity index (χ0v) is 15.0. The van der Waals surface area contributed by atoms with Crippen molar-refractivity contribution < 1.29 is 9.32 Å². The molecule has 1 fully saturated rings. The summed E-state index contributed by atoms with van der Waals surface area (Å²) in [6, 6.07) is 3.82. The lowest BCUT2D eigenvalue weighted by Gasteiger charge is -2.14. The highest BCUT2D eigenvalue weighted by Gasteiger charge is 2.27. The van der Waals surface area contributed by atoms with Crippen molar-refractivity contribution in [2.45, 2.75) is 33.6 Å². The van der Waals surface area contributed by atoms with Crippen LogP contribution in [0.1, 0.15) is 33.0 Å². The minimum Gasteiger partial charge on any atom is -0.370 e. The first-order chi connectivity index (χ1) is 12.0. The highest BCUT2D eigenvalue weighted by Crippen LogP contribution is 2.20. The van der Waals surface area contributed by atoms with Crippen molar-refractivity contribution in [1.82, 2.24) is 20.0 Å². The Labute approximate surface area is 147 Å². The number of rotatable bonds is 7. The third-order valence-electron chi connectivity index (χ3n) is 4.32. The predicted octanol–water partition coefficient (Wildman–Crippen LogP) is 2.61. The van der Waals surface area contributed by atoms with Crippen LogP contribution < -0.4 is 5.32 Å². The summed E-state index contributed by atoms with van der Waals surface area (Å²) < 4.78 is 5.30.